The van der Waals surface area contributed by atoms with Crippen LogP contribution in [0, 0.1) is 0 Å². The minimum absolute atomic E-state index is 0. The SMILES string of the molecule is Cn1cc(C(=O)[O-])ncc1=O.[Li+]. The number of aryl methyl sites for hydroxylation is 1. The van der Waals surface area contributed by atoms with E-state index >= 15 is 0 Å². The normalized spacial score (nSPS) is 8.75. The molecule has 0 atom stereocenters. The van der Waals surface area contributed by atoms with Crippen molar-refractivity contribution >= 4 is 5.97 Å². The van der Waals surface area contributed by atoms with Crippen LogP contribution in [-0.2, 0) is 7.05 Å². The van der Waals surface area contributed by atoms with Crippen LogP contribution in [0.4, 0.5) is 0 Å². The van der Waals surface area contributed by atoms with Gasteiger partial charge in [0.2, 0.25) is 0 Å². The topological polar surface area (TPSA) is 75.0 Å². The molecule has 1 heterocycles. The first-order valence-electron chi connectivity index (χ1n) is 2.85. The molecule has 58 valence electrons. The molecule has 0 unspecified atom stereocenters. The summed E-state index contributed by atoms with van der Waals surface area (Å²) in [5, 5.41) is 10.2. The molecule has 5 nitrogen and oxygen atoms in total. The number of aromatic nitrogens is 2. The van der Waals surface area contributed by atoms with Gasteiger partial charge in [0.15, 0.2) is 0 Å². The molecule has 0 fully saturated rings. The van der Waals surface area contributed by atoms with Crippen LogP contribution in [0.3, 0.4) is 0 Å². The molecular formula is C6H5LiN2O3. The maximum absolute atomic E-state index is 10.7. The van der Waals surface area contributed by atoms with Crippen LogP contribution in [0.25, 0.3) is 0 Å². The van der Waals surface area contributed by atoms with Gasteiger partial charge in [-0.2, -0.15) is 0 Å². The largest absolute Gasteiger partial charge is 1.00 e. The molecule has 1 aromatic rings. The number of carboxylic acids is 1. The fourth-order valence-electron chi connectivity index (χ4n) is 0.602. The van der Waals surface area contributed by atoms with Crippen molar-refractivity contribution in [3.63, 3.8) is 0 Å². The molecule has 0 spiro atoms. The van der Waals surface area contributed by atoms with E-state index < -0.39 is 5.97 Å². The third-order valence-electron chi connectivity index (χ3n) is 1.19. The molecule has 0 saturated carbocycles. The summed E-state index contributed by atoms with van der Waals surface area (Å²) >= 11 is 0. The predicted octanol–water partition coefficient (Wildman–Crippen LogP) is -4.85. The van der Waals surface area contributed by atoms with E-state index in [1.807, 2.05) is 0 Å². The van der Waals surface area contributed by atoms with Crippen molar-refractivity contribution in [1.82, 2.24) is 9.55 Å². The maximum atomic E-state index is 10.7. The minimum atomic E-state index is -1.39. The Kier molecular flexibility index (Phi) is 3.73. The number of rotatable bonds is 1. The Labute approximate surface area is 80.2 Å². The van der Waals surface area contributed by atoms with Gasteiger partial charge in [0, 0.05) is 13.2 Å². The van der Waals surface area contributed by atoms with E-state index in [2.05, 4.69) is 4.98 Å². The zero-order valence-electron chi connectivity index (χ0n) is 6.77. The van der Waals surface area contributed by atoms with Crippen molar-refractivity contribution < 1.29 is 28.8 Å². The molecule has 0 aliphatic heterocycles. The van der Waals surface area contributed by atoms with Gasteiger partial charge in [-0.3, -0.25) is 4.79 Å². The fraction of sp³-hybridized carbons (Fsp3) is 0.167. The number of carboxylic acid groups (broad SMARTS) is 1. The molecule has 0 aliphatic rings. The van der Waals surface area contributed by atoms with Gasteiger partial charge < -0.3 is 14.5 Å². The van der Waals surface area contributed by atoms with Crippen LogP contribution >= 0.6 is 0 Å². The number of hydrogen-bond acceptors (Lipinski definition) is 4. The summed E-state index contributed by atoms with van der Waals surface area (Å²) in [6, 6.07) is 0. The molecule has 6 heteroatoms. The van der Waals surface area contributed by atoms with Gasteiger partial charge in [-0.05, 0) is 0 Å². The van der Waals surface area contributed by atoms with E-state index in [1.165, 1.54) is 7.05 Å². The first kappa shape index (κ1) is 10.9. The zero-order chi connectivity index (χ0) is 8.43. The number of carbonyl (C=O) groups excluding carboxylic acids is 1. The minimum Gasteiger partial charge on any atom is -0.543 e. The van der Waals surface area contributed by atoms with Crippen LogP contribution in [0.1, 0.15) is 10.5 Å². The first-order chi connectivity index (χ1) is 5.11. The van der Waals surface area contributed by atoms with Crippen LogP contribution in [0.5, 0.6) is 0 Å². The van der Waals surface area contributed by atoms with Crippen molar-refractivity contribution in [1.29, 1.82) is 0 Å². The number of hydrogen-bond donors (Lipinski definition) is 0. The second-order valence-corrected chi connectivity index (χ2v) is 2.01. The maximum Gasteiger partial charge on any atom is 1.00 e. The van der Waals surface area contributed by atoms with Gasteiger partial charge in [0.1, 0.15) is 5.69 Å². The van der Waals surface area contributed by atoms with Crippen LogP contribution in [0.15, 0.2) is 17.2 Å². The molecule has 0 amide bonds. The first-order valence-corrected chi connectivity index (χ1v) is 2.85. The molecule has 0 aliphatic carbocycles. The Morgan fingerprint density at radius 3 is 2.67 bits per heavy atom. The standard InChI is InChI=1S/C6H6N2O3.Li/c1-8-3-4(6(10)11)7-2-5(8)9;/h2-3H,1H3,(H,10,11);/q;+1/p-1. The summed E-state index contributed by atoms with van der Waals surface area (Å²) in [4.78, 5) is 24.2. The van der Waals surface area contributed by atoms with Crippen molar-refractivity contribution in [3.8, 4) is 0 Å². The van der Waals surface area contributed by atoms with Gasteiger partial charge in [-0.1, -0.05) is 0 Å². The second-order valence-electron chi connectivity index (χ2n) is 2.01. The summed E-state index contributed by atoms with van der Waals surface area (Å²) in [5.41, 5.74) is -0.595. The molecule has 0 aromatic carbocycles. The van der Waals surface area contributed by atoms with Gasteiger partial charge >= 0.3 is 18.9 Å². The van der Waals surface area contributed by atoms with E-state index in [0.717, 1.165) is 17.0 Å². The molecule has 12 heavy (non-hydrogen) atoms. The van der Waals surface area contributed by atoms with Gasteiger partial charge in [0.05, 0.1) is 12.2 Å². The third kappa shape index (κ3) is 2.22. The average Bonchev–Trinajstić information content (AvgIpc) is 1.94. The Morgan fingerprint density at radius 1 is 1.67 bits per heavy atom. The Hall–Kier alpha value is -1.05. The van der Waals surface area contributed by atoms with Gasteiger partial charge in [0.25, 0.3) is 5.56 Å². The number of aromatic carboxylic acids is 1. The zero-order valence-corrected chi connectivity index (χ0v) is 6.77. The molecule has 0 N–H and O–H groups in total. The van der Waals surface area contributed by atoms with E-state index in [4.69, 9.17) is 0 Å². The van der Waals surface area contributed by atoms with Crippen molar-refractivity contribution in [2.24, 2.45) is 7.05 Å². The summed E-state index contributed by atoms with van der Waals surface area (Å²) in [6.07, 6.45) is 2.04. The number of nitrogens with zero attached hydrogens (tertiary/aromatic N) is 2. The van der Waals surface area contributed by atoms with Crippen molar-refractivity contribution in [3.05, 3.63) is 28.4 Å². The third-order valence-corrected chi connectivity index (χ3v) is 1.19. The molecule has 1 aromatic heterocycles. The summed E-state index contributed by atoms with van der Waals surface area (Å²) < 4.78 is 1.12. The van der Waals surface area contributed by atoms with Crippen LogP contribution in [-0.4, -0.2) is 15.5 Å². The molecule has 0 radical (unpaired) electrons. The van der Waals surface area contributed by atoms with Gasteiger partial charge in [-0.25, -0.2) is 4.98 Å². The monoisotopic (exact) mass is 160 g/mol. The molecule has 0 bridgehead atoms. The van der Waals surface area contributed by atoms with E-state index in [1.54, 1.807) is 0 Å². The Morgan fingerprint density at radius 2 is 2.25 bits per heavy atom. The van der Waals surface area contributed by atoms with Crippen molar-refractivity contribution in [2.75, 3.05) is 0 Å². The van der Waals surface area contributed by atoms with Gasteiger partial charge in [-0.15, -0.1) is 0 Å². The number of carbonyl (C=O) groups is 1. The molecule has 0 saturated heterocycles. The van der Waals surface area contributed by atoms with E-state index in [0.29, 0.717) is 0 Å². The Balaban J connectivity index is 0.00000121. The fourth-order valence-corrected chi connectivity index (χ4v) is 0.602. The van der Waals surface area contributed by atoms with Crippen molar-refractivity contribution in [2.45, 2.75) is 0 Å². The van der Waals surface area contributed by atoms with Crippen LogP contribution in [0.2, 0.25) is 0 Å². The average molecular weight is 160 g/mol. The predicted molar refractivity (Wildman–Crippen MR) is 33.8 cm³/mol. The summed E-state index contributed by atoms with van der Waals surface area (Å²) in [7, 11) is 1.44. The second kappa shape index (κ2) is 4.09. The molecule has 1 rings (SSSR count). The summed E-state index contributed by atoms with van der Waals surface area (Å²) in [5.74, 6) is -1.39. The summed E-state index contributed by atoms with van der Waals surface area (Å²) in [6.45, 7) is 0. The smallest absolute Gasteiger partial charge is 0.543 e. The van der Waals surface area contributed by atoms with E-state index in [-0.39, 0.29) is 30.1 Å². The van der Waals surface area contributed by atoms with E-state index in [9.17, 15) is 14.7 Å². The molecular weight excluding hydrogens is 155 g/mol. The Bertz CT molecular complexity index is 347. The quantitative estimate of drug-likeness (QED) is 0.386. The van der Waals surface area contributed by atoms with Crippen LogP contribution < -0.4 is 29.5 Å².